The number of halogens is 1. The fourth-order valence-corrected chi connectivity index (χ4v) is 6.37. The van der Waals surface area contributed by atoms with Crippen molar-refractivity contribution in [3.8, 4) is 0 Å². The first-order valence-corrected chi connectivity index (χ1v) is 9.80. The molecule has 1 N–H and O–H groups in total. The number of hydrogen-bond donors (Lipinski definition) is 1. The first-order valence-electron chi connectivity index (χ1n) is 8.72. The zero-order valence-corrected chi connectivity index (χ0v) is 16.9. The fourth-order valence-electron chi connectivity index (χ4n) is 4.98. The SMILES string of the molecule is CC(C)c1ccc2c(c1I)C(=O)C[C@H]1[C@](C)(C(=O)O)CCC[C@]21C. The van der Waals surface area contributed by atoms with Gasteiger partial charge in [-0.25, -0.2) is 0 Å². The van der Waals surface area contributed by atoms with E-state index in [9.17, 15) is 14.7 Å². The van der Waals surface area contributed by atoms with Gasteiger partial charge in [0.2, 0.25) is 0 Å². The van der Waals surface area contributed by atoms with Crippen molar-refractivity contribution < 1.29 is 14.7 Å². The van der Waals surface area contributed by atoms with Gasteiger partial charge in [-0.3, -0.25) is 9.59 Å². The molecular weight excluding hydrogens is 415 g/mol. The summed E-state index contributed by atoms with van der Waals surface area (Å²) in [6.45, 7) is 8.30. The van der Waals surface area contributed by atoms with E-state index in [4.69, 9.17) is 0 Å². The summed E-state index contributed by atoms with van der Waals surface area (Å²) in [7, 11) is 0. The van der Waals surface area contributed by atoms with Crippen molar-refractivity contribution in [2.75, 3.05) is 0 Å². The summed E-state index contributed by atoms with van der Waals surface area (Å²) in [5, 5.41) is 9.84. The number of carboxylic acids is 1. The predicted molar refractivity (Wildman–Crippen MR) is 103 cm³/mol. The number of carboxylic acid groups (broad SMARTS) is 1. The Balaban J connectivity index is 2.22. The van der Waals surface area contributed by atoms with Gasteiger partial charge in [0, 0.05) is 15.6 Å². The summed E-state index contributed by atoms with van der Waals surface area (Å²) in [6, 6.07) is 4.24. The molecule has 3 rings (SSSR count). The summed E-state index contributed by atoms with van der Waals surface area (Å²) < 4.78 is 1.06. The van der Waals surface area contributed by atoms with Gasteiger partial charge in [0.15, 0.2) is 5.78 Å². The Bertz CT molecular complexity index is 724. The minimum absolute atomic E-state index is 0.119. The third-order valence-electron chi connectivity index (χ3n) is 6.50. The maximum absolute atomic E-state index is 13.0. The molecular formula is C20H25IO3. The summed E-state index contributed by atoms with van der Waals surface area (Å²) >= 11 is 2.31. The van der Waals surface area contributed by atoms with E-state index in [2.05, 4.69) is 55.5 Å². The highest BCUT2D eigenvalue weighted by Crippen LogP contribution is 2.57. The van der Waals surface area contributed by atoms with Crippen LogP contribution in [0.3, 0.4) is 0 Å². The number of carbonyl (C=O) groups excluding carboxylic acids is 1. The summed E-state index contributed by atoms with van der Waals surface area (Å²) in [6.07, 6.45) is 2.86. The van der Waals surface area contributed by atoms with Gasteiger partial charge in [-0.15, -0.1) is 0 Å². The molecule has 0 aromatic heterocycles. The van der Waals surface area contributed by atoms with E-state index >= 15 is 0 Å². The molecule has 3 atom stereocenters. The molecule has 130 valence electrons. The molecule has 1 saturated carbocycles. The van der Waals surface area contributed by atoms with E-state index < -0.39 is 11.4 Å². The number of carbonyl (C=O) groups is 2. The summed E-state index contributed by atoms with van der Waals surface area (Å²) in [5.74, 6) is -0.398. The van der Waals surface area contributed by atoms with Crippen LogP contribution in [0, 0.1) is 14.9 Å². The normalized spacial score (nSPS) is 32.4. The van der Waals surface area contributed by atoms with Crippen LogP contribution in [0.1, 0.15) is 80.8 Å². The summed E-state index contributed by atoms with van der Waals surface area (Å²) in [4.78, 5) is 25.0. The van der Waals surface area contributed by atoms with Crippen LogP contribution in [0.5, 0.6) is 0 Å². The zero-order chi connectivity index (χ0) is 17.9. The number of hydrogen-bond acceptors (Lipinski definition) is 2. The molecule has 3 nitrogen and oxygen atoms in total. The van der Waals surface area contributed by atoms with E-state index in [0.29, 0.717) is 18.8 Å². The minimum atomic E-state index is -0.817. The first-order chi connectivity index (χ1) is 11.1. The second kappa shape index (κ2) is 5.82. The van der Waals surface area contributed by atoms with Gasteiger partial charge in [-0.2, -0.15) is 0 Å². The number of benzene rings is 1. The average Bonchev–Trinajstić information content (AvgIpc) is 2.49. The molecule has 1 fully saturated rings. The van der Waals surface area contributed by atoms with E-state index in [1.807, 2.05) is 6.92 Å². The van der Waals surface area contributed by atoms with E-state index in [0.717, 1.165) is 27.5 Å². The largest absolute Gasteiger partial charge is 0.481 e. The molecule has 0 radical (unpaired) electrons. The van der Waals surface area contributed by atoms with Crippen LogP contribution in [0.15, 0.2) is 12.1 Å². The Hall–Kier alpha value is -0.910. The van der Waals surface area contributed by atoms with Crippen molar-refractivity contribution in [3.05, 3.63) is 32.4 Å². The fraction of sp³-hybridized carbons (Fsp3) is 0.600. The number of Topliss-reactive ketones (excluding diaryl/α,β-unsaturated/α-hetero) is 1. The maximum Gasteiger partial charge on any atom is 0.309 e. The van der Waals surface area contributed by atoms with Crippen molar-refractivity contribution in [3.63, 3.8) is 0 Å². The van der Waals surface area contributed by atoms with E-state index in [1.54, 1.807) is 0 Å². The molecule has 0 bridgehead atoms. The Kier molecular flexibility index (Phi) is 4.34. The van der Waals surface area contributed by atoms with Crippen LogP contribution in [0.2, 0.25) is 0 Å². The highest BCUT2D eigenvalue weighted by Gasteiger charge is 2.57. The maximum atomic E-state index is 13.0. The Morgan fingerprint density at radius 1 is 1.29 bits per heavy atom. The first kappa shape index (κ1) is 17.9. The molecule has 1 aromatic rings. The molecule has 24 heavy (non-hydrogen) atoms. The van der Waals surface area contributed by atoms with Crippen molar-refractivity contribution in [1.29, 1.82) is 0 Å². The number of fused-ring (bicyclic) bond motifs is 3. The molecule has 1 aromatic carbocycles. The van der Waals surface area contributed by atoms with Crippen molar-refractivity contribution in [1.82, 2.24) is 0 Å². The van der Waals surface area contributed by atoms with Crippen LogP contribution in [-0.4, -0.2) is 16.9 Å². The number of ketones is 1. The van der Waals surface area contributed by atoms with Gasteiger partial charge in [-0.1, -0.05) is 39.3 Å². The van der Waals surface area contributed by atoms with Crippen LogP contribution in [0.4, 0.5) is 0 Å². The molecule has 0 spiro atoms. The lowest BCUT2D eigenvalue weighted by Crippen LogP contribution is -2.53. The topological polar surface area (TPSA) is 54.4 Å². The van der Waals surface area contributed by atoms with Crippen LogP contribution >= 0.6 is 22.6 Å². The molecule has 0 saturated heterocycles. The lowest BCUT2D eigenvalue weighted by atomic mass is 9.49. The second-order valence-corrected chi connectivity index (χ2v) is 9.30. The third kappa shape index (κ3) is 2.36. The molecule has 0 unspecified atom stereocenters. The Morgan fingerprint density at radius 2 is 1.96 bits per heavy atom. The standard InChI is InChI=1S/C20H25IO3/c1-11(2)12-6-7-13-16(17(12)21)14(22)10-15-19(13,3)8-5-9-20(15,4)18(23)24/h6-7,11,15H,5,8-10H2,1-4H3,(H,23,24)/t15-,19-,20-/m1/s1. The average molecular weight is 440 g/mol. The molecule has 0 heterocycles. The highest BCUT2D eigenvalue weighted by atomic mass is 127. The van der Waals surface area contributed by atoms with Crippen molar-refractivity contribution >= 4 is 34.3 Å². The monoisotopic (exact) mass is 440 g/mol. The Morgan fingerprint density at radius 3 is 2.54 bits per heavy atom. The number of rotatable bonds is 2. The molecule has 2 aliphatic carbocycles. The van der Waals surface area contributed by atoms with E-state index in [1.165, 1.54) is 5.56 Å². The van der Waals surface area contributed by atoms with Gasteiger partial charge >= 0.3 is 5.97 Å². The van der Waals surface area contributed by atoms with E-state index in [-0.39, 0.29) is 17.1 Å². The third-order valence-corrected chi connectivity index (χ3v) is 7.66. The predicted octanol–water partition coefficient (Wildman–Crippen LogP) is 5.15. The number of aliphatic carboxylic acids is 1. The smallest absolute Gasteiger partial charge is 0.309 e. The minimum Gasteiger partial charge on any atom is -0.481 e. The lowest BCUT2D eigenvalue weighted by molar-refractivity contribution is -0.156. The zero-order valence-electron chi connectivity index (χ0n) is 14.8. The molecule has 0 amide bonds. The van der Waals surface area contributed by atoms with Gasteiger partial charge in [0.1, 0.15) is 0 Å². The summed E-state index contributed by atoms with van der Waals surface area (Å²) in [5.41, 5.74) is 2.09. The van der Waals surface area contributed by atoms with Crippen LogP contribution in [-0.2, 0) is 10.2 Å². The van der Waals surface area contributed by atoms with Gasteiger partial charge < -0.3 is 5.11 Å². The second-order valence-electron chi connectivity index (χ2n) is 8.22. The quantitative estimate of drug-likeness (QED) is 0.648. The van der Waals surface area contributed by atoms with Crippen molar-refractivity contribution in [2.24, 2.45) is 11.3 Å². The Labute approximate surface area is 157 Å². The van der Waals surface area contributed by atoms with Crippen molar-refractivity contribution in [2.45, 2.75) is 64.7 Å². The lowest BCUT2D eigenvalue weighted by Gasteiger charge is -2.53. The highest BCUT2D eigenvalue weighted by molar-refractivity contribution is 14.1. The molecule has 0 aliphatic heterocycles. The van der Waals surface area contributed by atoms with Gasteiger partial charge in [0.25, 0.3) is 0 Å². The molecule has 4 heteroatoms. The van der Waals surface area contributed by atoms with Gasteiger partial charge in [0.05, 0.1) is 5.41 Å². The molecule has 2 aliphatic rings. The van der Waals surface area contributed by atoms with Crippen LogP contribution in [0.25, 0.3) is 0 Å². The van der Waals surface area contributed by atoms with Gasteiger partial charge in [-0.05, 0) is 70.7 Å². The van der Waals surface area contributed by atoms with Crippen LogP contribution < -0.4 is 0 Å².